The van der Waals surface area contributed by atoms with Gasteiger partial charge in [0.15, 0.2) is 5.75 Å². The van der Waals surface area contributed by atoms with Gasteiger partial charge in [0.25, 0.3) is 10.1 Å². The molecule has 4 aromatic carbocycles. The predicted molar refractivity (Wildman–Crippen MR) is 141 cm³/mol. The van der Waals surface area contributed by atoms with Gasteiger partial charge in [-0.15, -0.1) is 10.2 Å². The lowest BCUT2D eigenvalue weighted by Gasteiger charge is -2.08. The number of aliphatic hydroxyl groups is 1. The van der Waals surface area contributed by atoms with Crippen LogP contribution in [0, 0.1) is 6.92 Å². The van der Waals surface area contributed by atoms with Crippen molar-refractivity contribution in [1.82, 2.24) is 0 Å². The van der Waals surface area contributed by atoms with Gasteiger partial charge in [-0.25, -0.2) is 0 Å². The van der Waals surface area contributed by atoms with E-state index in [0.29, 0.717) is 39.3 Å². The molecule has 12 heteroatoms. The van der Waals surface area contributed by atoms with Crippen LogP contribution in [0.5, 0.6) is 17.2 Å². The van der Waals surface area contributed by atoms with E-state index in [2.05, 4.69) is 20.5 Å². The zero-order chi connectivity index (χ0) is 27.3. The Balaban J connectivity index is 1.58. The third kappa shape index (κ3) is 6.11. The highest BCUT2D eigenvalue weighted by atomic mass is 32.2. The minimum atomic E-state index is -4.37. The first-order chi connectivity index (χ1) is 18.2. The second kappa shape index (κ2) is 11.3. The summed E-state index contributed by atoms with van der Waals surface area (Å²) in [6, 6.07) is 17.2. The second-order valence-corrected chi connectivity index (χ2v) is 9.49. The number of aliphatic hydroxyl groups excluding tert-OH is 1. The molecule has 0 radical (unpaired) electrons. The van der Waals surface area contributed by atoms with Crippen LogP contribution in [-0.4, -0.2) is 43.5 Å². The average Bonchev–Trinajstić information content (AvgIpc) is 2.91. The maximum absolute atomic E-state index is 11.4. The molecule has 4 aromatic rings. The first kappa shape index (κ1) is 26.7. The summed E-state index contributed by atoms with van der Waals surface area (Å²) in [5, 5.41) is 37.2. The van der Waals surface area contributed by atoms with Crippen molar-refractivity contribution in [3.05, 3.63) is 72.3 Å². The van der Waals surface area contributed by atoms with Gasteiger partial charge in [0, 0.05) is 11.5 Å². The first-order valence-corrected chi connectivity index (χ1v) is 12.7. The molecule has 3 N–H and O–H groups in total. The fourth-order valence-electron chi connectivity index (χ4n) is 3.52. The highest BCUT2D eigenvalue weighted by Crippen LogP contribution is 2.39. The van der Waals surface area contributed by atoms with E-state index < -0.39 is 10.1 Å². The van der Waals surface area contributed by atoms with Crippen LogP contribution in [0.25, 0.3) is 10.8 Å². The van der Waals surface area contributed by atoms with Gasteiger partial charge in [0.2, 0.25) is 0 Å². The predicted octanol–water partition coefficient (Wildman–Crippen LogP) is 6.31. The molecule has 0 unspecified atom stereocenters. The third-order valence-electron chi connectivity index (χ3n) is 5.47. The molecule has 0 saturated carbocycles. The quantitative estimate of drug-likeness (QED) is 0.167. The summed E-state index contributed by atoms with van der Waals surface area (Å²) in [5.74, 6) is 0.812. The molecule has 196 valence electrons. The van der Waals surface area contributed by atoms with E-state index in [9.17, 15) is 18.1 Å². The Morgan fingerprint density at radius 2 is 1.55 bits per heavy atom. The Morgan fingerprint density at radius 1 is 0.842 bits per heavy atom. The SMILES string of the molecule is COc1cc(N=Nc2ccc(OCCO)cc2)c(C)cc1N=Nc1ccc2cc(S(=O)(=O)O)ccc2c1O. The van der Waals surface area contributed by atoms with E-state index in [-0.39, 0.29) is 29.5 Å². The van der Waals surface area contributed by atoms with E-state index in [0.717, 1.165) is 5.56 Å². The minimum Gasteiger partial charge on any atom is -0.505 e. The van der Waals surface area contributed by atoms with Crippen LogP contribution in [0.1, 0.15) is 5.56 Å². The highest BCUT2D eigenvalue weighted by molar-refractivity contribution is 7.85. The number of phenols is 1. The largest absolute Gasteiger partial charge is 0.505 e. The number of nitrogens with zero attached hydrogens (tertiary/aromatic N) is 4. The number of methoxy groups -OCH3 is 1. The summed E-state index contributed by atoms with van der Waals surface area (Å²) in [6.07, 6.45) is 0. The third-order valence-corrected chi connectivity index (χ3v) is 6.32. The van der Waals surface area contributed by atoms with Crippen molar-refractivity contribution in [2.75, 3.05) is 20.3 Å². The summed E-state index contributed by atoms with van der Waals surface area (Å²) < 4.78 is 42.8. The number of ether oxygens (including phenoxy) is 2. The van der Waals surface area contributed by atoms with Gasteiger partial charge in [0.05, 0.1) is 30.0 Å². The van der Waals surface area contributed by atoms with E-state index in [4.69, 9.17) is 14.6 Å². The van der Waals surface area contributed by atoms with Crippen molar-refractivity contribution < 1.29 is 32.7 Å². The van der Waals surface area contributed by atoms with Crippen molar-refractivity contribution in [2.45, 2.75) is 11.8 Å². The van der Waals surface area contributed by atoms with Gasteiger partial charge in [-0.1, -0.05) is 6.07 Å². The Labute approximate surface area is 218 Å². The molecule has 0 saturated heterocycles. The van der Waals surface area contributed by atoms with Crippen molar-refractivity contribution in [1.29, 1.82) is 0 Å². The van der Waals surface area contributed by atoms with Crippen LogP contribution in [0.2, 0.25) is 0 Å². The number of fused-ring (bicyclic) bond motifs is 1. The van der Waals surface area contributed by atoms with Crippen LogP contribution in [0.3, 0.4) is 0 Å². The van der Waals surface area contributed by atoms with Gasteiger partial charge in [-0.05, 0) is 72.5 Å². The van der Waals surface area contributed by atoms with Gasteiger partial charge >= 0.3 is 0 Å². The van der Waals surface area contributed by atoms with Gasteiger partial charge in [0.1, 0.15) is 29.5 Å². The fraction of sp³-hybridized carbons (Fsp3) is 0.154. The fourth-order valence-corrected chi connectivity index (χ4v) is 4.04. The molecule has 38 heavy (non-hydrogen) atoms. The standard InChI is InChI=1S/C26H24N4O7S/c1-16-13-24(25(36-2)15-23(16)29-27-18-4-6-19(7-5-18)37-12-11-31)30-28-22-10-3-17-14-20(38(33,34)35)8-9-21(17)26(22)32/h3-10,13-15,31-32H,11-12H2,1-2H3,(H,33,34,35). The molecule has 0 atom stereocenters. The number of benzene rings is 4. The van der Waals surface area contributed by atoms with E-state index in [1.54, 1.807) is 42.5 Å². The molecule has 0 bridgehead atoms. The molecule has 0 aliphatic heterocycles. The summed E-state index contributed by atoms with van der Waals surface area (Å²) in [4.78, 5) is -0.277. The van der Waals surface area contributed by atoms with Gasteiger partial charge < -0.3 is 19.7 Å². The molecule has 0 spiro atoms. The van der Waals surface area contributed by atoms with Crippen molar-refractivity contribution >= 4 is 43.6 Å². The maximum Gasteiger partial charge on any atom is 0.294 e. The summed E-state index contributed by atoms with van der Waals surface area (Å²) in [5.41, 5.74) is 2.48. The van der Waals surface area contributed by atoms with Crippen LogP contribution in [0.15, 0.2) is 92.1 Å². The summed E-state index contributed by atoms with van der Waals surface area (Å²) >= 11 is 0. The Bertz CT molecular complexity index is 1640. The molecule has 0 heterocycles. The van der Waals surface area contributed by atoms with Crippen LogP contribution < -0.4 is 9.47 Å². The smallest absolute Gasteiger partial charge is 0.294 e. The number of aromatic hydroxyl groups is 1. The van der Waals surface area contributed by atoms with Gasteiger partial charge in [-0.3, -0.25) is 4.55 Å². The molecule has 0 amide bonds. The monoisotopic (exact) mass is 536 g/mol. The minimum absolute atomic E-state index is 0.0675. The maximum atomic E-state index is 11.4. The zero-order valence-corrected chi connectivity index (χ0v) is 21.3. The van der Waals surface area contributed by atoms with E-state index in [1.807, 2.05) is 6.92 Å². The number of aryl methyl sites for hydroxylation is 1. The van der Waals surface area contributed by atoms with Crippen molar-refractivity contribution in [2.24, 2.45) is 20.5 Å². The van der Waals surface area contributed by atoms with Crippen molar-refractivity contribution in [3.8, 4) is 17.2 Å². The summed E-state index contributed by atoms with van der Waals surface area (Å²) in [7, 11) is -2.89. The van der Waals surface area contributed by atoms with Crippen LogP contribution >= 0.6 is 0 Å². The molecular formula is C26H24N4O7S. The average molecular weight is 537 g/mol. The first-order valence-electron chi connectivity index (χ1n) is 11.3. The lowest BCUT2D eigenvalue weighted by atomic mass is 10.1. The Hall–Kier alpha value is -4.39. The van der Waals surface area contributed by atoms with E-state index in [1.165, 1.54) is 31.4 Å². The summed E-state index contributed by atoms with van der Waals surface area (Å²) in [6.45, 7) is 1.98. The number of hydrogen-bond donors (Lipinski definition) is 3. The number of hydrogen-bond acceptors (Lipinski definition) is 10. The Kier molecular flexibility index (Phi) is 7.96. The number of phenolic OH excluding ortho intramolecular Hbond substituents is 1. The number of rotatable bonds is 9. The molecule has 0 aromatic heterocycles. The van der Waals surface area contributed by atoms with Gasteiger partial charge in [-0.2, -0.15) is 18.6 Å². The highest BCUT2D eigenvalue weighted by Gasteiger charge is 2.13. The number of azo groups is 2. The normalized spacial score (nSPS) is 12.0. The van der Waals surface area contributed by atoms with Crippen LogP contribution in [-0.2, 0) is 10.1 Å². The second-order valence-electron chi connectivity index (χ2n) is 8.07. The molecular weight excluding hydrogens is 512 g/mol. The molecule has 0 fully saturated rings. The molecule has 4 rings (SSSR count). The van der Waals surface area contributed by atoms with E-state index >= 15 is 0 Å². The molecule has 0 aliphatic rings. The molecule has 0 aliphatic carbocycles. The Morgan fingerprint density at radius 3 is 2.24 bits per heavy atom. The lowest BCUT2D eigenvalue weighted by molar-refractivity contribution is 0.201. The zero-order valence-electron chi connectivity index (χ0n) is 20.4. The topological polar surface area (TPSA) is 163 Å². The molecule has 11 nitrogen and oxygen atoms in total. The van der Waals surface area contributed by atoms with Crippen molar-refractivity contribution in [3.63, 3.8) is 0 Å². The van der Waals surface area contributed by atoms with Crippen LogP contribution in [0.4, 0.5) is 22.7 Å². The lowest BCUT2D eigenvalue weighted by Crippen LogP contribution is -2.00.